The number of aryl methyl sites for hydroxylation is 1. The van der Waals surface area contributed by atoms with E-state index in [9.17, 15) is 9.59 Å². The van der Waals surface area contributed by atoms with Gasteiger partial charge in [0.2, 0.25) is 5.43 Å². The molecule has 2 rings (SSSR count). The van der Waals surface area contributed by atoms with E-state index in [0.29, 0.717) is 15.8 Å². The molecule has 88 valence electrons. The van der Waals surface area contributed by atoms with Crippen LogP contribution >= 0.6 is 11.8 Å². The van der Waals surface area contributed by atoms with Gasteiger partial charge in [0.15, 0.2) is 5.78 Å². The van der Waals surface area contributed by atoms with E-state index in [0.717, 1.165) is 5.52 Å². The largest absolute Gasteiger partial charge is 0.349 e. The first-order valence-electron chi connectivity index (χ1n) is 5.23. The standard InChI is InChI=1S/C13H13NO2S/c1-8(15)9-4-5-11-10(6-9)13(16)12(17-3)7-14(11)2/h4-7H,1-3H3. The third kappa shape index (κ3) is 2.00. The maximum absolute atomic E-state index is 12.1. The average Bonchev–Trinajstić information content (AvgIpc) is 2.33. The molecule has 0 aliphatic carbocycles. The Balaban J connectivity index is 2.88. The smallest absolute Gasteiger partial charge is 0.202 e. The zero-order valence-electron chi connectivity index (χ0n) is 9.98. The van der Waals surface area contributed by atoms with Crippen molar-refractivity contribution in [2.45, 2.75) is 11.8 Å². The van der Waals surface area contributed by atoms with Crippen molar-refractivity contribution < 1.29 is 4.79 Å². The SMILES string of the molecule is CSc1cn(C)c2ccc(C(C)=O)cc2c1=O. The van der Waals surface area contributed by atoms with Gasteiger partial charge in [-0.3, -0.25) is 9.59 Å². The van der Waals surface area contributed by atoms with Crippen molar-refractivity contribution in [1.82, 2.24) is 4.57 Å². The van der Waals surface area contributed by atoms with E-state index in [1.807, 2.05) is 30.1 Å². The predicted molar refractivity (Wildman–Crippen MR) is 71.0 cm³/mol. The summed E-state index contributed by atoms with van der Waals surface area (Å²) in [5.74, 6) is -0.0245. The minimum absolute atomic E-state index is 0.00583. The van der Waals surface area contributed by atoms with Crippen molar-refractivity contribution in [1.29, 1.82) is 0 Å². The lowest BCUT2D eigenvalue weighted by atomic mass is 10.1. The number of nitrogens with zero attached hydrogens (tertiary/aromatic N) is 1. The van der Waals surface area contributed by atoms with E-state index in [1.54, 1.807) is 12.1 Å². The van der Waals surface area contributed by atoms with Crippen LogP contribution in [-0.2, 0) is 7.05 Å². The second-order valence-electron chi connectivity index (χ2n) is 3.93. The summed E-state index contributed by atoms with van der Waals surface area (Å²) in [6.45, 7) is 1.50. The molecule has 0 amide bonds. The first-order valence-corrected chi connectivity index (χ1v) is 6.45. The number of rotatable bonds is 2. The molecule has 0 unspecified atom stereocenters. The molecule has 1 aromatic heterocycles. The van der Waals surface area contributed by atoms with Gasteiger partial charge in [-0.1, -0.05) is 0 Å². The van der Waals surface area contributed by atoms with Crippen LogP contribution in [0.4, 0.5) is 0 Å². The van der Waals surface area contributed by atoms with Gasteiger partial charge in [-0.2, -0.15) is 0 Å². The maximum atomic E-state index is 12.1. The van der Waals surface area contributed by atoms with Crippen molar-refractivity contribution in [2.75, 3.05) is 6.26 Å². The van der Waals surface area contributed by atoms with Gasteiger partial charge in [-0.05, 0) is 31.4 Å². The molecule has 3 nitrogen and oxygen atoms in total. The Morgan fingerprint density at radius 3 is 2.65 bits per heavy atom. The van der Waals surface area contributed by atoms with Crippen molar-refractivity contribution in [3.63, 3.8) is 0 Å². The van der Waals surface area contributed by atoms with E-state index >= 15 is 0 Å². The Hall–Kier alpha value is -1.55. The molecule has 4 heteroatoms. The molecule has 0 N–H and O–H groups in total. The Morgan fingerprint density at radius 2 is 2.06 bits per heavy atom. The summed E-state index contributed by atoms with van der Waals surface area (Å²) in [5, 5.41) is 0.604. The number of ketones is 1. The third-order valence-corrected chi connectivity index (χ3v) is 3.51. The lowest BCUT2D eigenvalue weighted by molar-refractivity contribution is 0.101. The first-order chi connectivity index (χ1) is 8.04. The third-order valence-electron chi connectivity index (χ3n) is 2.78. The van der Waals surface area contributed by atoms with E-state index in [-0.39, 0.29) is 11.2 Å². The molecule has 17 heavy (non-hydrogen) atoms. The molecule has 0 aliphatic rings. The van der Waals surface area contributed by atoms with Crippen molar-refractivity contribution >= 4 is 28.4 Å². The second kappa shape index (κ2) is 4.37. The molecule has 0 spiro atoms. The molecular weight excluding hydrogens is 234 g/mol. The van der Waals surface area contributed by atoms with E-state index in [4.69, 9.17) is 0 Å². The Bertz CT molecular complexity index is 658. The number of hydrogen-bond donors (Lipinski definition) is 0. The van der Waals surface area contributed by atoms with Crippen molar-refractivity contribution in [2.24, 2.45) is 7.05 Å². The Kier molecular flexibility index (Phi) is 3.07. The van der Waals surface area contributed by atoms with Crippen LogP contribution in [0.15, 0.2) is 34.1 Å². The minimum atomic E-state index is -0.0245. The van der Waals surface area contributed by atoms with Gasteiger partial charge in [-0.25, -0.2) is 0 Å². The molecule has 0 atom stereocenters. The van der Waals surface area contributed by atoms with Crippen LogP contribution in [0, 0.1) is 0 Å². The van der Waals surface area contributed by atoms with Gasteiger partial charge in [-0.15, -0.1) is 11.8 Å². The fraction of sp³-hybridized carbons (Fsp3) is 0.231. The molecule has 0 saturated heterocycles. The maximum Gasteiger partial charge on any atom is 0.202 e. The van der Waals surface area contributed by atoms with Gasteiger partial charge >= 0.3 is 0 Å². The normalized spacial score (nSPS) is 10.8. The van der Waals surface area contributed by atoms with Crippen molar-refractivity contribution in [3.05, 3.63) is 40.2 Å². The topological polar surface area (TPSA) is 39.1 Å². The highest BCUT2D eigenvalue weighted by Crippen LogP contribution is 2.17. The molecular formula is C13H13NO2S. The number of benzene rings is 1. The lowest BCUT2D eigenvalue weighted by Gasteiger charge is -2.08. The molecule has 0 radical (unpaired) electrons. The summed E-state index contributed by atoms with van der Waals surface area (Å²) < 4.78 is 1.91. The Morgan fingerprint density at radius 1 is 1.35 bits per heavy atom. The molecule has 0 saturated carbocycles. The fourth-order valence-corrected chi connectivity index (χ4v) is 2.39. The van der Waals surface area contributed by atoms with Gasteiger partial charge < -0.3 is 4.57 Å². The van der Waals surface area contributed by atoms with Crippen LogP contribution in [0.1, 0.15) is 17.3 Å². The number of Topliss-reactive ketones (excluding diaryl/α,β-unsaturated/α-hetero) is 1. The zero-order chi connectivity index (χ0) is 12.6. The van der Waals surface area contributed by atoms with Crippen LogP contribution in [0.5, 0.6) is 0 Å². The summed E-state index contributed by atoms with van der Waals surface area (Å²) in [6.07, 6.45) is 3.69. The Labute approximate surface area is 103 Å². The van der Waals surface area contributed by atoms with E-state index < -0.39 is 0 Å². The monoisotopic (exact) mass is 247 g/mol. The van der Waals surface area contributed by atoms with Crippen LogP contribution in [-0.4, -0.2) is 16.6 Å². The van der Waals surface area contributed by atoms with Gasteiger partial charge in [0.05, 0.1) is 10.4 Å². The molecule has 1 heterocycles. The number of thioether (sulfide) groups is 1. The number of aromatic nitrogens is 1. The zero-order valence-corrected chi connectivity index (χ0v) is 10.8. The van der Waals surface area contributed by atoms with Gasteiger partial charge in [0, 0.05) is 24.2 Å². The van der Waals surface area contributed by atoms with Crippen molar-refractivity contribution in [3.8, 4) is 0 Å². The van der Waals surface area contributed by atoms with Crippen LogP contribution in [0.2, 0.25) is 0 Å². The molecule has 0 fully saturated rings. The first kappa shape index (κ1) is 11.9. The van der Waals surface area contributed by atoms with Gasteiger partial charge in [0.25, 0.3) is 0 Å². The van der Waals surface area contributed by atoms with Crippen LogP contribution in [0.25, 0.3) is 10.9 Å². The average molecular weight is 247 g/mol. The predicted octanol–water partition coefficient (Wildman–Crippen LogP) is 2.46. The summed E-state index contributed by atoms with van der Waals surface area (Å²) in [7, 11) is 1.90. The number of carbonyl (C=O) groups excluding carboxylic acids is 1. The van der Waals surface area contributed by atoms with Crippen LogP contribution < -0.4 is 5.43 Å². The van der Waals surface area contributed by atoms with E-state index in [2.05, 4.69) is 0 Å². The number of fused-ring (bicyclic) bond motifs is 1. The molecule has 0 aliphatic heterocycles. The summed E-state index contributed by atoms with van der Waals surface area (Å²) in [5.41, 5.74) is 1.42. The highest BCUT2D eigenvalue weighted by atomic mass is 32.2. The molecule has 2 aromatic rings. The lowest BCUT2D eigenvalue weighted by Crippen LogP contribution is -2.10. The van der Waals surface area contributed by atoms with Crippen LogP contribution in [0.3, 0.4) is 0 Å². The molecule has 1 aromatic carbocycles. The van der Waals surface area contributed by atoms with Gasteiger partial charge in [0.1, 0.15) is 0 Å². The molecule has 0 bridgehead atoms. The fourth-order valence-electron chi connectivity index (χ4n) is 1.83. The summed E-state index contributed by atoms with van der Waals surface area (Å²) in [6, 6.07) is 5.25. The quantitative estimate of drug-likeness (QED) is 0.604. The summed E-state index contributed by atoms with van der Waals surface area (Å²) in [4.78, 5) is 24.2. The minimum Gasteiger partial charge on any atom is -0.349 e. The number of carbonyl (C=O) groups is 1. The highest BCUT2D eigenvalue weighted by molar-refractivity contribution is 7.98. The summed E-state index contributed by atoms with van der Waals surface area (Å²) >= 11 is 1.42. The highest BCUT2D eigenvalue weighted by Gasteiger charge is 2.08. The van der Waals surface area contributed by atoms with E-state index in [1.165, 1.54) is 18.7 Å². The second-order valence-corrected chi connectivity index (χ2v) is 4.77. The number of pyridine rings is 1. The number of hydrogen-bond acceptors (Lipinski definition) is 3.